The summed E-state index contributed by atoms with van der Waals surface area (Å²) in [5.41, 5.74) is 1.10. The fraction of sp³-hybridized carbons (Fsp3) is 0.529. The van der Waals surface area contributed by atoms with E-state index >= 15 is 0 Å². The molecule has 5 nitrogen and oxygen atoms in total. The molecule has 1 N–H and O–H groups in total. The zero-order valence-electron chi connectivity index (χ0n) is 13.2. The monoisotopic (exact) mass is 304 g/mol. The van der Waals surface area contributed by atoms with E-state index in [0.29, 0.717) is 6.54 Å². The number of methoxy groups -OCH3 is 1. The molecule has 1 aromatic carbocycles. The number of amides is 1. The second-order valence-electron chi connectivity index (χ2n) is 5.77. The predicted octanol–water partition coefficient (Wildman–Crippen LogP) is 1.75. The zero-order chi connectivity index (χ0) is 15.9. The van der Waals surface area contributed by atoms with Crippen LogP contribution in [0.2, 0.25) is 0 Å². The first-order chi connectivity index (χ1) is 10.6. The maximum atomic E-state index is 12.1. The van der Waals surface area contributed by atoms with Crippen LogP contribution < -0.4 is 5.32 Å². The smallest absolute Gasteiger partial charge is 0.308 e. The van der Waals surface area contributed by atoms with Gasteiger partial charge in [0.15, 0.2) is 0 Å². The van der Waals surface area contributed by atoms with Crippen LogP contribution in [0.15, 0.2) is 30.3 Å². The molecule has 1 atom stereocenters. The van der Waals surface area contributed by atoms with E-state index in [0.717, 1.165) is 31.5 Å². The molecule has 0 radical (unpaired) electrons. The molecule has 2 rings (SSSR count). The Hall–Kier alpha value is -1.88. The van der Waals surface area contributed by atoms with E-state index in [4.69, 9.17) is 4.74 Å². The van der Waals surface area contributed by atoms with Gasteiger partial charge in [-0.3, -0.25) is 14.5 Å². The third-order valence-electron chi connectivity index (χ3n) is 4.17. The Bertz CT molecular complexity index is 496. The van der Waals surface area contributed by atoms with Gasteiger partial charge in [-0.1, -0.05) is 30.3 Å². The van der Waals surface area contributed by atoms with Crippen molar-refractivity contribution in [2.24, 2.45) is 5.92 Å². The first-order valence-electron chi connectivity index (χ1n) is 7.74. The summed E-state index contributed by atoms with van der Waals surface area (Å²) in [6.07, 6.45) is 1.52. The summed E-state index contributed by atoms with van der Waals surface area (Å²) in [5.74, 6) is -0.137. The molecule has 1 heterocycles. The van der Waals surface area contributed by atoms with E-state index in [1.54, 1.807) is 0 Å². The topological polar surface area (TPSA) is 58.6 Å². The van der Waals surface area contributed by atoms with Crippen molar-refractivity contribution in [1.82, 2.24) is 10.2 Å². The number of esters is 1. The highest BCUT2D eigenvalue weighted by molar-refractivity contribution is 5.78. The number of likely N-dealkylation sites (tertiary alicyclic amines) is 1. The number of hydrogen-bond acceptors (Lipinski definition) is 4. The van der Waals surface area contributed by atoms with E-state index in [1.165, 1.54) is 7.11 Å². The summed E-state index contributed by atoms with van der Waals surface area (Å²) in [6, 6.07) is 9.91. The van der Waals surface area contributed by atoms with Gasteiger partial charge in [-0.05, 0) is 38.4 Å². The first kappa shape index (κ1) is 16.5. The third-order valence-corrected chi connectivity index (χ3v) is 4.17. The Morgan fingerprint density at radius 1 is 1.27 bits per heavy atom. The molecule has 1 aliphatic heterocycles. The average Bonchev–Trinajstić information content (AvgIpc) is 2.55. The molecule has 1 saturated heterocycles. The van der Waals surface area contributed by atoms with Gasteiger partial charge >= 0.3 is 5.97 Å². The summed E-state index contributed by atoms with van der Waals surface area (Å²) < 4.78 is 4.77. The average molecular weight is 304 g/mol. The number of ether oxygens (including phenoxy) is 1. The van der Waals surface area contributed by atoms with Crippen LogP contribution >= 0.6 is 0 Å². The Morgan fingerprint density at radius 3 is 2.50 bits per heavy atom. The molecular weight excluding hydrogens is 280 g/mol. The van der Waals surface area contributed by atoms with Crippen LogP contribution in [-0.4, -0.2) is 43.5 Å². The molecule has 0 aliphatic carbocycles. The normalized spacial score (nSPS) is 17.7. The van der Waals surface area contributed by atoms with Crippen molar-refractivity contribution in [3.05, 3.63) is 35.9 Å². The number of nitrogens with one attached hydrogen (secondary N) is 1. The molecule has 0 spiro atoms. The standard InChI is InChI=1S/C17H24N2O3/c1-13(14-6-4-3-5-7-14)18-16(20)12-19-10-8-15(9-11-19)17(21)22-2/h3-7,13,15H,8-12H2,1-2H3,(H,18,20)/t13-/m0/s1. The fourth-order valence-corrected chi connectivity index (χ4v) is 2.81. The Morgan fingerprint density at radius 2 is 1.91 bits per heavy atom. The van der Waals surface area contributed by atoms with Gasteiger partial charge in [0.1, 0.15) is 0 Å². The van der Waals surface area contributed by atoms with Crippen LogP contribution in [0.5, 0.6) is 0 Å². The zero-order valence-corrected chi connectivity index (χ0v) is 13.2. The summed E-state index contributed by atoms with van der Waals surface area (Å²) in [7, 11) is 1.42. The molecular formula is C17H24N2O3. The van der Waals surface area contributed by atoms with Crippen LogP contribution in [0.3, 0.4) is 0 Å². The van der Waals surface area contributed by atoms with Gasteiger partial charge in [0.25, 0.3) is 0 Å². The van der Waals surface area contributed by atoms with Gasteiger partial charge in [-0.2, -0.15) is 0 Å². The lowest BCUT2D eigenvalue weighted by Crippen LogP contribution is -2.43. The minimum Gasteiger partial charge on any atom is -0.469 e. The van der Waals surface area contributed by atoms with Gasteiger partial charge in [-0.15, -0.1) is 0 Å². The van der Waals surface area contributed by atoms with Crippen molar-refractivity contribution in [2.75, 3.05) is 26.7 Å². The summed E-state index contributed by atoms with van der Waals surface area (Å²) in [6.45, 7) is 3.88. The van der Waals surface area contributed by atoms with Crippen molar-refractivity contribution in [2.45, 2.75) is 25.8 Å². The molecule has 1 fully saturated rings. The van der Waals surface area contributed by atoms with Crippen LogP contribution in [0.25, 0.3) is 0 Å². The molecule has 0 aromatic heterocycles. The van der Waals surface area contributed by atoms with Gasteiger partial charge in [0, 0.05) is 0 Å². The Balaban J connectivity index is 1.75. The van der Waals surface area contributed by atoms with Crippen LogP contribution in [0.4, 0.5) is 0 Å². The van der Waals surface area contributed by atoms with Crippen LogP contribution in [0, 0.1) is 5.92 Å². The first-order valence-corrected chi connectivity index (χ1v) is 7.74. The number of nitrogens with zero attached hydrogens (tertiary/aromatic N) is 1. The van der Waals surface area contributed by atoms with Gasteiger partial charge in [0.05, 0.1) is 25.6 Å². The van der Waals surface area contributed by atoms with Crippen LogP contribution in [-0.2, 0) is 14.3 Å². The van der Waals surface area contributed by atoms with E-state index in [-0.39, 0.29) is 23.8 Å². The van der Waals surface area contributed by atoms with Gasteiger partial charge < -0.3 is 10.1 Å². The second kappa shape index (κ2) is 7.94. The molecule has 120 valence electrons. The van der Waals surface area contributed by atoms with E-state index in [2.05, 4.69) is 10.2 Å². The van der Waals surface area contributed by atoms with Crippen molar-refractivity contribution < 1.29 is 14.3 Å². The SMILES string of the molecule is COC(=O)C1CCN(CC(=O)N[C@@H](C)c2ccccc2)CC1. The highest BCUT2D eigenvalue weighted by atomic mass is 16.5. The van der Waals surface area contributed by atoms with Crippen molar-refractivity contribution in [1.29, 1.82) is 0 Å². The van der Waals surface area contributed by atoms with Crippen molar-refractivity contribution >= 4 is 11.9 Å². The molecule has 0 saturated carbocycles. The summed E-state index contributed by atoms with van der Waals surface area (Å²) >= 11 is 0. The lowest BCUT2D eigenvalue weighted by Gasteiger charge is -2.30. The Kier molecular flexibility index (Phi) is 5.95. The quantitative estimate of drug-likeness (QED) is 0.842. The molecule has 5 heteroatoms. The number of carbonyl (C=O) groups is 2. The number of rotatable bonds is 5. The number of benzene rings is 1. The van der Waals surface area contributed by atoms with Crippen molar-refractivity contribution in [3.63, 3.8) is 0 Å². The van der Waals surface area contributed by atoms with E-state index in [1.807, 2.05) is 37.3 Å². The van der Waals surface area contributed by atoms with E-state index in [9.17, 15) is 9.59 Å². The molecule has 0 bridgehead atoms. The number of carbonyl (C=O) groups excluding carboxylic acids is 2. The summed E-state index contributed by atoms with van der Waals surface area (Å²) in [4.78, 5) is 25.7. The minimum atomic E-state index is -0.137. The fourth-order valence-electron chi connectivity index (χ4n) is 2.81. The third kappa shape index (κ3) is 4.56. The molecule has 1 amide bonds. The molecule has 22 heavy (non-hydrogen) atoms. The number of hydrogen-bond donors (Lipinski definition) is 1. The number of piperidine rings is 1. The Labute approximate surface area is 131 Å². The molecule has 1 aliphatic rings. The van der Waals surface area contributed by atoms with Gasteiger partial charge in [-0.25, -0.2) is 0 Å². The second-order valence-corrected chi connectivity index (χ2v) is 5.77. The highest BCUT2D eigenvalue weighted by Gasteiger charge is 2.26. The largest absolute Gasteiger partial charge is 0.469 e. The maximum absolute atomic E-state index is 12.1. The lowest BCUT2D eigenvalue weighted by molar-refractivity contribution is -0.147. The van der Waals surface area contributed by atoms with Crippen LogP contribution in [0.1, 0.15) is 31.4 Å². The summed E-state index contributed by atoms with van der Waals surface area (Å²) in [5, 5.41) is 3.02. The predicted molar refractivity (Wildman–Crippen MR) is 84.2 cm³/mol. The maximum Gasteiger partial charge on any atom is 0.308 e. The van der Waals surface area contributed by atoms with Crippen molar-refractivity contribution in [3.8, 4) is 0 Å². The highest BCUT2D eigenvalue weighted by Crippen LogP contribution is 2.18. The van der Waals surface area contributed by atoms with Gasteiger partial charge in [0.2, 0.25) is 5.91 Å². The molecule has 1 aromatic rings. The lowest BCUT2D eigenvalue weighted by atomic mass is 9.97. The minimum absolute atomic E-state index is 0.00121. The van der Waals surface area contributed by atoms with E-state index < -0.39 is 0 Å². The molecule has 0 unspecified atom stereocenters.